The summed E-state index contributed by atoms with van der Waals surface area (Å²) in [4.78, 5) is 7.87. The van der Waals surface area contributed by atoms with Crippen LogP contribution in [0.1, 0.15) is 0 Å². The maximum absolute atomic E-state index is 2.50. The van der Waals surface area contributed by atoms with Crippen molar-refractivity contribution in [1.82, 2.24) is 4.57 Å². The Morgan fingerprint density at radius 2 is 0.849 bits per heavy atom. The first kappa shape index (κ1) is 29.7. The third-order valence-electron chi connectivity index (χ3n) is 11.2. The second kappa shape index (κ2) is 11.3. The maximum Gasteiger partial charge on any atom is 0.252 e. The van der Waals surface area contributed by atoms with E-state index in [9.17, 15) is 0 Å². The highest BCUT2D eigenvalue weighted by atomic mass is 32.2. The summed E-state index contributed by atoms with van der Waals surface area (Å²) in [5.74, 6) is 0. The summed E-state index contributed by atoms with van der Waals surface area (Å²) < 4.78 is 2.50. The first-order valence-electron chi connectivity index (χ1n) is 18.1. The Morgan fingerprint density at radius 1 is 0.358 bits per heavy atom. The molecule has 0 N–H and O–H groups in total. The van der Waals surface area contributed by atoms with Crippen molar-refractivity contribution in [1.29, 1.82) is 0 Å². The van der Waals surface area contributed by atoms with Crippen LogP contribution in [0.25, 0.3) is 49.7 Å². The minimum absolute atomic E-state index is 0.203. The number of hydrogen-bond donors (Lipinski definition) is 0. The smallest absolute Gasteiger partial charge is 0.252 e. The highest BCUT2D eigenvalue weighted by molar-refractivity contribution is 8.01. The zero-order valence-corrected chi connectivity index (χ0v) is 30.2. The van der Waals surface area contributed by atoms with Crippen molar-refractivity contribution in [2.45, 2.75) is 19.6 Å². The second-order valence-electron chi connectivity index (χ2n) is 14.1. The standard InChI is InChI=1S/C48H29BN2S2/c1-4-12-30(13-5-1)32-22-24-38-36(26-32)37-27-33(31-14-6-2-7-15-31)23-25-39(37)51(38)35-28-44-48-45(29-35)53-43-21-11-19-41-47(43)49(48)46-40(18-10-20-42(46)52-44)50(41)34-16-8-3-9-17-34/h1-29H. The van der Waals surface area contributed by atoms with Gasteiger partial charge in [0.2, 0.25) is 0 Å². The number of benzene rings is 8. The van der Waals surface area contributed by atoms with Gasteiger partial charge in [-0.1, -0.05) is 127 Å². The molecule has 53 heavy (non-hydrogen) atoms. The summed E-state index contributed by atoms with van der Waals surface area (Å²) in [5.41, 5.74) is 16.7. The number of nitrogens with zero attached hydrogens (tertiary/aromatic N) is 2. The van der Waals surface area contributed by atoms with Crippen molar-refractivity contribution in [3.8, 4) is 27.9 Å². The number of rotatable bonds is 4. The molecule has 0 unspecified atom stereocenters. The van der Waals surface area contributed by atoms with E-state index in [1.165, 1.54) is 103 Å². The third kappa shape index (κ3) is 4.32. The zero-order valence-electron chi connectivity index (χ0n) is 28.5. The molecule has 0 amide bonds. The van der Waals surface area contributed by atoms with Crippen LogP contribution in [0.2, 0.25) is 0 Å². The van der Waals surface area contributed by atoms with Crippen molar-refractivity contribution < 1.29 is 0 Å². The lowest BCUT2D eigenvalue weighted by atomic mass is 9.34. The average molecular weight is 709 g/mol. The van der Waals surface area contributed by atoms with Crippen molar-refractivity contribution in [3.05, 3.63) is 176 Å². The van der Waals surface area contributed by atoms with Crippen LogP contribution in [0, 0.1) is 0 Å². The summed E-state index contributed by atoms with van der Waals surface area (Å²) in [6.45, 7) is 0.203. The molecule has 8 aromatic carbocycles. The summed E-state index contributed by atoms with van der Waals surface area (Å²) in [7, 11) is 0. The highest BCUT2D eigenvalue weighted by Gasteiger charge is 2.45. The molecule has 0 atom stereocenters. The largest absolute Gasteiger partial charge is 0.311 e. The molecule has 9 aromatic rings. The van der Waals surface area contributed by atoms with Gasteiger partial charge in [-0.3, -0.25) is 0 Å². The molecule has 0 spiro atoms. The Hall–Kier alpha value is -5.88. The van der Waals surface area contributed by atoms with Gasteiger partial charge in [0.25, 0.3) is 6.71 Å². The number of fused-ring (bicyclic) bond motifs is 3. The lowest BCUT2D eigenvalue weighted by molar-refractivity contribution is 1.14. The summed E-state index contributed by atoms with van der Waals surface area (Å²) in [6.07, 6.45) is 0. The van der Waals surface area contributed by atoms with E-state index in [0.717, 1.165) is 0 Å². The predicted octanol–water partition coefficient (Wildman–Crippen LogP) is 11.3. The van der Waals surface area contributed by atoms with Crippen molar-refractivity contribution in [2.24, 2.45) is 0 Å². The van der Waals surface area contributed by atoms with Crippen LogP contribution >= 0.6 is 23.5 Å². The summed E-state index contributed by atoms with van der Waals surface area (Å²) in [5, 5.41) is 2.54. The van der Waals surface area contributed by atoms with Gasteiger partial charge in [-0.15, -0.1) is 0 Å². The molecule has 1 aromatic heterocycles. The van der Waals surface area contributed by atoms with Crippen LogP contribution in [0.4, 0.5) is 17.1 Å². The molecule has 0 bridgehead atoms. The predicted molar refractivity (Wildman–Crippen MR) is 226 cm³/mol. The molecule has 0 saturated heterocycles. The van der Waals surface area contributed by atoms with Crippen molar-refractivity contribution >= 4 is 85.5 Å². The topological polar surface area (TPSA) is 8.17 Å². The number of hydrogen-bond acceptors (Lipinski definition) is 3. The van der Waals surface area contributed by atoms with Gasteiger partial charge in [0.15, 0.2) is 0 Å². The normalized spacial score (nSPS) is 13.4. The molecule has 0 aliphatic carbocycles. The summed E-state index contributed by atoms with van der Waals surface area (Å²) in [6, 6.07) is 65.0. The Balaban J connectivity index is 1.09. The second-order valence-corrected chi connectivity index (χ2v) is 16.2. The van der Waals surface area contributed by atoms with Crippen LogP contribution in [0.5, 0.6) is 0 Å². The molecule has 12 rings (SSSR count). The number of anilines is 3. The molecule has 246 valence electrons. The Labute approximate surface area is 316 Å². The van der Waals surface area contributed by atoms with Crippen LogP contribution in [-0.2, 0) is 0 Å². The van der Waals surface area contributed by atoms with Gasteiger partial charge in [0.1, 0.15) is 0 Å². The Kier molecular flexibility index (Phi) is 6.33. The first-order chi connectivity index (χ1) is 26.3. The average Bonchev–Trinajstić information content (AvgIpc) is 3.55. The molecule has 2 nitrogen and oxygen atoms in total. The van der Waals surface area contributed by atoms with Gasteiger partial charge in [0, 0.05) is 53.1 Å². The molecule has 3 aliphatic heterocycles. The number of aromatic nitrogens is 1. The fourth-order valence-electron chi connectivity index (χ4n) is 8.96. The number of para-hydroxylation sites is 1. The first-order valence-corrected chi connectivity index (χ1v) is 19.8. The highest BCUT2D eigenvalue weighted by Crippen LogP contribution is 2.48. The molecular weight excluding hydrogens is 679 g/mol. The Morgan fingerprint density at radius 3 is 1.36 bits per heavy atom. The van der Waals surface area contributed by atoms with E-state index in [4.69, 9.17) is 0 Å². The van der Waals surface area contributed by atoms with Crippen LogP contribution in [0.3, 0.4) is 0 Å². The van der Waals surface area contributed by atoms with E-state index in [1.54, 1.807) is 0 Å². The van der Waals surface area contributed by atoms with Gasteiger partial charge in [-0.25, -0.2) is 0 Å². The molecule has 0 saturated carbocycles. The third-order valence-corrected chi connectivity index (χ3v) is 13.5. The van der Waals surface area contributed by atoms with Gasteiger partial charge in [0.05, 0.1) is 11.0 Å². The maximum atomic E-state index is 2.50. The van der Waals surface area contributed by atoms with E-state index in [0.29, 0.717) is 0 Å². The van der Waals surface area contributed by atoms with Gasteiger partial charge in [-0.2, -0.15) is 0 Å². The van der Waals surface area contributed by atoms with Crippen LogP contribution in [-0.4, -0.2) is 11.3 Å². The van der Waals surface area contributed by atoms with E-state index >= 15 is 0 Å². The molecule has 0 fully saturated rings. The van der Waals surface area contributed by atoms with E-state index in [2.05, 4.69) is 185 Å². The fraction of sp³-hybridized carbons (Fsp3) is 0. The SMILES string of the molecule is c1ccc(-c2ccc3c(c2)c2cc(-c4ccccc4)ccc2n3-c2cc3c4c(c2)Sc2cccc5c2B4c2c(cccc2N5c2ccccc2)S3)cc1. The van der Waals surface area contributed by atoms with Crippen molar-refractivity contribution in [3.63, 3.8) is 0 Å². The molecule has 4 heterocycles. The van der Waals surface area contributed by atoms with Gasteiger partial charge in [-0.05, 0) is 111 Å². The molecule has 3 aliphatic rings. The van der Waals surface area contributed by atoms with E-state index in [1.807, 2.05) is 23.5 Å². The molecule has 5 heteroatoms. The van der Waals surface area contributed by atoms with Crippen molar-refractivity contribution in [2.75, 3.05) is 4.90 Å². The minimum Gasteiger partial charge on any atom is -0.311 e. The Bertz CT molecular complexity index is 2780. The monoisotopic (exact) mass is 708 g/mol. The quantitative estimate of drug-likeness (QED) is 0.168. The van der Waals surface area contributed by atoms with Gasteiger partial charge < -0.3 is 9.47 Å². The van der Waals surface area contributed by atoms with Crippen LogP contribution < -0.4 is 21.3 Å². The molecule has 0 radical (unpaired) electrons. The lowest BCUT2D eigenvalue weighted by Gasteiger charge is -2.43. The zero-order chi connectivity index (χ0) is 34.6. The van der Waals surface area contributed by atoms with E-state index in [-0.39, 0.29) is 6.71 Å². The lowest BCUT2D eigenvalue weighted by Crippen LogP contribution is -2.62. The molecular formula is C48H29BN2S2. The van der Waals surface area contributed by atoms with Crippen LogP contribution in [0.15, 0.2) is 196 Å². The minimum atomic E-state index is 0.203. The van der Waals surface area contributed by atoms with E-state index < -0.39 is 0 Å². The fourth-order valence-corrected chi connectivity index (χ4v) is 11.5. The summed E-state index contributed by atoms with van der Waals surface area (Å²) >= 11 is 3.87. The van der Waals surface area contributed by atoms with Gasteiger partial charge >= 0.3 is 0 Å².